The fourth-order valence-corrected chi connectivity index (χ4v) is 10.9. The molecule has 0 N–H and O–H groups in total. The van der Waals surface area contributed by atoms with Crippen LogP contribution in [0.1, 0.15) is 25.1 Å². The van der Waals surface area contributed by atoms with Crippen LogP contribution in [0.2, 0.25) is 0 Å². The van der Waals surface area contributed by atoms with Gasteiger partial charge >= 0.3 is 201 Å². The van der Waals surface area contributed by atoms with E-state index in [1.807, 2.05) is 91.9 Å². The zero-order valence-corrected chi connectivity index (χ0v) is 20.2. The van der Waals surface area contributed by atoms with Crippen LogP contribution < -0.4 is 15.1 Å². The van der Waals surface area contributed by atoms with E-state index in [1.54, 1.807) is 6.92 Å². The van der Waals surface area contributed by atoms with Crippen LogP contribution in [0.3, 0.4) is 0 Å². The summed E-state index contributed by atoms with van der Waals surface area (Å²) in [5.74, 6) is 1.30. The van der Waals surface area contributed by atoms with E-state index < -0.39 is 12.7 Å². The molecule has 34 heavy (non-hydrogen) atoms. The van der Waals surface area contributed by atoms with Gasteiger partial charge in [0.25, 0.3) is 0 Å². The van der Waals surface area contributed by atoms with E-state index in [4.69, 9.17) is 9.05 Å². The van der Waals surface area contributed by atoms with Crippen molar-refractivity contribution < 1.29 is 13.8 Å². The summed E-state index contributed by atoms with van der Waals surface area (Å²) in [7, 11) is -4.06. The number of allylic oxidation sites excluding steroid dienone is 2. The minimum atomic E-state index is -4.06. The number of para-hydroxylation sites is 1. The maximum atomic E-state index is 13.2. The van der Waals surface area contributed by atoms with Crippen molar-refractivity contribution in [1.29, 1.82) is 0 Å². The van der Waals surface area contributed by atoms with Crippen LogP contribution in [0, 0.1) is 0 Å². The number of carbonyl (C=O) groups excluding carboxylic acids is 1. The average Bonchev–Trinajstić information content (AvgIpc) is 3.17. The predicted octanol–water partition coefficient (Wildman–Crippen LogP) is 6.73. The number of rotatable bonds is 6. The molecular weight excluding hydrogens is 439 g/mol. The molecule has 0 radical (unpaired) electrons. The normalized spacial score (nSPS) is 19.5. The average molecular weight is 467 g/mol. The van der Waals surface area contributed by atoms with E-state index in [0.29, 0.717) is 17.1 Å². The Kier molecular flexibility index (Phi) is 5.59. The molecule has 0 saturated carbocycles. The first-order valence-electron chi connectivity index (χ1n) is 11.4. The number of benzene rings is 4. The van der Waals surface area contributed by atoms with Gasteiger partial charge in [-0.25, -0.2) is 0 Å². The second kappa shape index (κ2) is 8.59. The van der Waals surface area contributed by atoms with Crippen LogP contribution in [0.25, 0.3) is 0 Å². The minimum absolute atomic E-state index is 0.0126. The fraction of sp³-hybridized carbons (Fsp3) is 0.100. The van der Waals surface area contributed by atoms with Gasteiger partial charge in [0.05, 0.1) is 0 Å². The van der Waals surface area contributed by atoms with Gasteiger partial charge in [-0.3, -0.25) is 0 Å². The van der Waals surface area contributed by atoms with Gasteiger partial charge in [-0.1, -0.05) is 0 Å². The van der Waals surface area contributed by atoms with Crippen LogP contribution in [-0.4, -0.2) is 5.78 Å². The van der Waals surface area contributed by atoms with Crippen LogP contribution in [0.15, 0.2) is 133 Å². The molecule has 1 atom stereocenters. The second-order valence-electron chi connectivity index (χ2n) is 8.53. The summed E-state index contributed by atoms with van der Waals surface area (Å²) in [5.41, 5.74) is 1.23. The SMILES string of the molecule is CC(=O)C1=C(C)OP(Oc2ccccc2)(c2ccccc2)(c2ccccc2)C1c1ccccc1. The molecule has 170 valence electrons. The van der Waals surface area contributed by atoms with E-state index in [9.17, 15) is 4.79 Å². The van der Waals surface area contributed by atoms with E-state index in [-0.39, 0.29) is 5.78 Å². The molecule has 1 aliphatic heterocycles. The quantitative estimate of drug-likeness (QED) is 0.296. The first-order valence-corrected chi connectivity index (χ1v) is 13.5. The Labute approximate surface area is 200 Å². The van der Waals surface area contributed by atoms with Crippen molar-refractivity contribution in [2.75, 3.05) is 0 Å². The molecule has 4 heteroatoms. The Balaban J connectivity index is 1.96. The van der Waals surface area contributed by atoms with Gasteiger partial charge in [0, 0.05) is 0 Å². The van der Waals surface area contributed by atoms with Gasteiger partial charge in [0.1, 0.15) is 0 Å². The van der Waals surface area contributed by atoms with E-state index in [1.165, 1.54) is 0 Å². The van der Waals surface area contributed by atoms with E-state index in [0.717, 1.165) is 16.2 Å². The van der Waals surface area contributed by atoms with Crippen LogP contribution >= 0.6 is 7.06 Å². The molecule has 0 spiro atoms. The number of hydrogen-bond acceptors (Lipinski definition) is 3. The van der Waals surface area contributed by atoms with Gasteiger partial charge < -0.3 is 0 Å². The molecular formula is C30H27O3P. The van der Waals surface area contributed by atoms with Crippen LogP contribution in [0.5, 0.6) is 5.75 Å². The second-order valence-corrected chi connectivity index (χ2v) is 12.5. The summed E-state index contributed by atoms with van der Waals surface area (Å²) in [4.78, 5) is 13.2. The third-order valence-corrected chi connectivity index (χ3v) is 11.7. The summed E-state index contributed by atoms with van der Waals surface area (Å²) in [6.07, 6.45) is 0. The topological polar surface area (TPSA) is 35.5 Å². The Bertz CT molecular complexity index is 1290. The van der Waals surface area contributed by atoms with Gasteiger partial charge in [0.15, 0.2) is 0 Å². The third-order valence-electron chi connectivity index (χ3n) is 6.45. The van der Waals surface area contributed by atoms with E-state index in [2.05, 4.69) is 36.4 Å². The summed E-state index contributed by atoms with van der Waals surface area (Å²) in [5, 5.41) is 1.88. The summed E-state index contributed by atoms with van der Waals surface area (Å²) in [6.45, 7) is 3.51. The van der Waals surface area contributed by atoms with Gasteiger partial charge in [0.2, 0.25) is 0 Å². The first kappa shape index (κ1) is 22.1. The molecule has 3 nitrogen and oxygen atoms in total. The standard InChI is InChI=1S/C30H27O3P/c1-23(31)29-24(2)32-34(27-19-11-5-12-20-27,28-21-13-6-14-22-28,33-26-17-9-4-10-18-26)30(29)25-15-7-3-8-16-25/h3-22,30H,1-2H3. The Morgan fingerprint density at radius 1 is 0.706 bits per heavy atom. The number of Topliss-reactive ketones (excluding diaryl/α,β-unsaturated/α-hetero) is 1. The number of ketones is 1. The van der Waals surface area contributed by atoms with Gasteiger partial charge in [-0.15, -0.1) is 0 Å². The van der Waals surface area contributed by atoms with Crippen molar-refractivity contribution in [2.45, 2.75) is 19.5 Å². The molecule has 4 aromatic carbocycles. The van der Waals surface area contributed by atoms with Crippen molar-refractivity contribution in [1.82, 2.24) is 0 Å². The third kappa shape index (κ3) is 3.28. The summed E-state index contributed by atoms with van der Waals surface area (Å²) in [6, 6.07) is 40.2. The van der Waals surface area contributed by atoms with Crippen LogP contribution in [0.4, 0.5) is 0 Å². The monoisotopic (exact) mass is 466 g/mol. The number of hydrogen-bond donors (Lipinski definition) is 0. The molecule has 0 saturated heterocycles. The Morgan fingerprint density at radius 2 is 1.15 bits per heavy atom. The zero-order chi connectivity index (χ0) is 23.6. The molecule has 0 amide bonds. The molecule has 0 aliphatic carbocycles. The van der Waals surface area contributed by atoms with Crippen molar-refractivity contribution in [3.8, 4) is 5.75 Å². The van der Waals surface area contributed by atoms with E-state index >= 15 is 0 Å². The van der Waals surface area contributed by atoms with Crippen molar-refractivity contribution in [3.05, 3.63) is 138 Å². The zero-order valence-electron chi connectivity index (χ0n) is 19.3. The molecule has 1 heterocycles. The van der Waals surface area contributed by atoms with Crippen molar-refractivity contribution in [2.24, 2.45) is 0 Å². The molecule has 0 fully saturated rings. The predicted molar refractivity (Wildman–Crippen MR) is 140 cm³/mol. The maximum absolute atomic E-state index is 13.2. The van der Waals surface area contributed by atoms with Crippen molar-refractivity contribution >= 4 is 23.4 Å². The molecule has 0 aromatic heterocycles. The molecule has 1 unspecified atom stereocenters. The molecule has 5 rings (SSSR count). The fourth-order valence-electron chi connectivity index (χ4n) is 5.15. The molecule has 1 aliphatic rings. The van der Waals surface area contributed by atoms with Crippen LogP contribution in [-0.2, 0) is 9.32 Å². The summed E-state index contributed by atoms with van der Waals surface area (Å²) >= 11 is 0. The van der Waals surface area contributed by atoms with Crippen molar-refractivity contribution in [3.63, 3.8) is 0 Å². The molecule has 4 aromatic rings. The molecule has 0 bridgehead atoms. The number of carbonyl (C=O) groups is 1. The summed E-state index contributed by atoms with van der Waals surface area (Å²) < 4.78 is 14.4. The Hall–Kier alpha value is -3.68. The first-order chi connectivity index (χ1) is 16.6. The van der Waals surface area contributed by atoms with Gasteiger partial charge in [-0.2, -0.15) is 0 Å². The van der Waals surface area contributed by atoms with Gasteiger partial charge in [-0.05, 0) is 0 Å². The Morgan fingerprint density at radius 3 is 1.62 bits per heavy atom.